The Bertz CT molecular complexity index is 191. The molecule has 0 aromatic carbocycles. The minimum absolute atomic E-state index is 0. The van der Waals surface area contributed by atoms with Crippen molar-refractivity contribution in [2.75, 3.05) is 0 Å². The summed E-state index contributed by atoms with van der Waals surface area (Å²) in [4.78, 5) is 10.3. The Morgan fingerprint density at radius 1 is 0.941 bits per heavy atom. The fraction of sp³-hybridized carbons (Fsp3) is 0.786. The van der Waals surface area contributed by atoms with Gasteiger partial charge < -0.3 is 5.11 Å². The summed E-state index contributed by atoms with van der Waals surface area (Å²) in [6.07, 6.45) is 15.4. The van der Waals surface area contributed by atoms with Crippen LogP contribution >= 0.6 is 0 Å². The van der Waals surface area contributed by atoms with Gasteiger partial charge in [-0.3, -0.25) is 4.79 Å². The fourth-order valence-electron chi connectivity index (χ4n) is 1.63. The molecule has 0 amide bonds. The molecule has 0 heterocycles. The monoisotopic (exact) mass is 344 g/mol. The molecule has 0 fully saturated rings. The third-order valence-corrected chi connectivity index (χ3v) is 2.65. The van der Waals surface area contributed by atoms with Gasteiger partial charge in [-0.15, -0.1) is 0 Å². The first kappa shape index (κ1) is 19.4. The van der Waals surface area contributed by atoms with Crippen molar-refractivity contribution < 1.29 is 9.90 Å². The molecule has 0 saturated heterocycles. The van der Waals surface area contributed by atoms with Crippen LogP contribution in [0.5, 0.6) is 0 Å². The third-order valence-electron chi connectivity index (χ3n) is 2.65. The second-order valence-electron chi connectivity index (χ2n) is 4.31. The number of hydrogen-bond donors (Lipinski definition) is 1. The number of unbranched alkanes of at least 4 members (excludes halogenated alkanes) is 7. The van der Waals surface area contributed by atoms with E-state index in [4.69, 9.17) is 5.11 Å². The van der Waals surface area contributed by atoms with Gasteiger partial charge in [0.2, 0.25) is 0 Å². The van der Waals surface area contributed by atoms with Crippen LogP contribution in [0.25, 0.3) is 0 Å². The van der Waals surface area contributed by atoms with Crippen molar-refractivity contribution in [3.8, 4) is 0 Å². The Balaban J connectivity index is 0. The number of carboxylic acid groups (broad SMARTS) is 1. The number of carbonyl (C=O) groups is 1. The van der Waals surface area contributed by atoms with E-state index in [-0.39, 0.29) is 25.8 Å². The van der Waals surface area contributed by atoms with Crippen molar-refractivity contribution >= 4 is 31.8 Å². The van der Waals surface area contributed by atoms with Gasteiger partial charge in [-0.1, -0.05) is 51.2 Å². The predicted molar refractivity (Wildman–Crippen MR) is 78.6 cm³/mol. The Morgan fingerprint density at radius 3 is 2.06 bits per heavy atom. The summed E-state index contributed by atoms with van der Waals surface area (Å²) in [6, 6.07) is 0. The quantitative estimate of drug-likeness (QED) is 0.461. The molecule has 2 nitrogen and oxygen atoms in total. The summed E-state index contributed by atoms with van der Waals surface area (Å²) in [5.41, 5.74) is 0. The van der Waals surface area contributed by atoms with E-state index in [1.54, 1.807) is 0 Å². The number of carboxylic acids is 1. The Morgan fingerprint density at radius 2 is 1.47 bits per heavy atom. The molecule has 0 rings (SSSR count). The van der Waals surface area contributed by atoms with E-state index in [1.165, 1.54) is 44.9 Å². The molecular formula is C14H29InO2. The van der Waals surface area contributed by atoms with Crippen LogP contribution in [0.4, 0.5) is 0 Å². The van der Waals surface area contributed by atoms with E-state index in [2.05, 4.69) is 19.1 Å². The molecular weight excluding hydrogens is 315 g/mol. The normalized spacial score (nSPS) is 10.4. The van der Waals surface area contributed by atoms with E-state index in [0.29, 0.717) is 6.42 Å². The standard InChI is InChI=1S/C14H26O2.In.3H/c1-2-3-4-5-6-7-8-9-10-11-12-13-14(15)16;;;;/h5-6H,2-4,7-13H2,1H3,(H,15,16);;;;. The van der Waals surface area contributed by atoms with Crippen LogP contribution in [-0.4, -0.2) is 36.9 Å². The molecule has 0 atom stereocenters. The van der Waals surface area contributed by atoms with Crippen molar-refractivity contribution in [2.24, 2.45) is 0 Å². The molecule has 3 heteroatoms. The van der Waals surface area contributed by atoms with Crippen LogP contribution in [0.2, 0.25) is 0 Å². The van der Waals surface area contributed by atoms with Gasteiger partial charge >= 0.3 is 31.8 Å². The van der Waals surface area contributed by atoms with E-state index in [9.17, 15) is 4.79 Å². The molecule has 0 aliphatic rings. The average molecular weight is 344 g/mol. The molecule has 1 N–H and O–H groups in total. The van der Waals surface area contributed by atoms with Gasteiger partial charge in [-0.25, -0.2) is 0 Å². The summed E-state index contributed by atoms with van der Waals surface area (Å²) in [6.45, 7) is 2.21. The third kappa shape index (κ3) is 18.6. The molecule has 0 bridgehead atoms. The second-order valence-corrected chi connectivity index (χ2v) is 4.31. The Kier molecular flexibility index (Phi) is 18.4. The van der Waals surface area contributed by atoms with E-state index >= 15 is 0 Å². The minimum atomic E-state index is -0.668. The van der Waals surface area contributed by atoms with Crippen molar-refractivity contribution in [2.45, 2.75) is 71.1 Å². The maximum absolute atomic E-state index is 10.3. The number of rotatable bonds is 11. The summed E-state index contributed by atoms with van der Waals surface area (Å²) < 4.78 is 0. The van der Waals surface area contributed by atoms with Crippen molar-refractivity contribution in [1.29, 1.82) is 0 Å². The number of allylic oxidation sites excluding steroid dienone is 2. The Hall–Kier alpha value is 0.0801. The van der Waals surface area contributed by atoms with Crippen LogP contribution in [0.15, 0.2) is 12.2 Å². The van der Waals surface area contributed by atoms with Crippen LogP contribution in [0.3, 0.4) is 0 Å². The van der Waals surface area contributed by atoms with E-state index < -0.39 is 5.97 Å². The van der Waals surface area contributed by atoms with Crippen LogP contribution in [0, 0.1) is 0 Å². The van der Waals surface area contributed by atoms with Gasteiger partial charge in [-0.2, -0.15) is 0 Å². The molecule has 17 heavy (non-hydrogen) atoms. The first-order valence-electron chi connectivity index (χ1n) is 6.64. The van der Waals surface area contributed by atoms with Gasteiger partial charge in [0.25, 0.3) is 0 Å². The van der Waals surface area contributed by atoms with Gasteiger partial charge in [0, 0.05) is 6.42 Å². The second kappa shape index (κ2) is 16.1. The number of aliphatic carboxylic acids is 1. The predicted octanol–water partition coefficient (Wildman–Crippen LogP) is 3.36. The van der Waals surface area contributed by atoms with Crippen molar-refractivity contribution in [3.63, 3.8) is 0 Å². The zero-order valence-electron chi connectivity index (χ0n) is 10.6. The van der Waals surface area contributed by atoms with E-state index in [1.807, 2.05) is 0 Å². The molecule has 0 unspecified atom stereocenters. The van der Waals surface area contributed by atoms with Crippen molar-refractivity contribution in [1.82, 2.24) is 0 Å². The molecule has 0 aromatic rings. The number of hydrogen-bond acceptors (Lipinski definition) is 1. The zero-order chi connectivity index (χ0) is 12.1. The zero-order valence-corrected chi connectivity index (χ0v) is 10.6. The van der Waals surface area contributed by atoms with Gasteiger partial charge in [0.05, 0.1) is 0 Å². The van der Waals surface area contributed by atoms with E-state index in [0.717, 1.165) is 12.8 Å². The Labute approximate surface area is 125 Å². The van der Waals surface area contributed by atoms with Crippen LogP contribution < -0.4 is 0 Å². The molecule has 100 valence electrons. The first-order valence-corrected chi connectivity index (χ1v) is 6.64. The summed E-state index contributed by atoms with van der Waals surface area (Å²) in [7, 11) is 0. The fourth-order valence-corrected chi connectivity index (χ4v) is 1.63. The van der Waals surface area contributed by atoms with Gasteiger partial charge in [-0.05, 0) is 25.7 Å². The molecule has 0 saturated carbocycles. The van der Waals surface area contributed by atoms with Crippen molar-refractivity contribution in [3.05, 3.63) is 12.2 Å². The first-order chi connectivity index (χ1) is 7.77. The summed E-state index contributed by atoms with van der Waals surface area (Å²) in [5, 5.41) is 8.45. The maximum atomic E-state index is 10.3. The summed E-state index contributed by atoms with van der Waals surface area (Å²) >= 11 is 0. The average Bonchev–Trinajstić information content (AvgIpc) is 2.25. The SMILES string of the molecule is CCCCC=CCCCCCCCC(=O)O.[InH3]. The van der Waals surface area contributed by atoms with Gasteiger partial charge in [0.15, 0.2) is 0 Å². The van der Waals surface area contributed by atoms with Crippen LogP contribution in [0.1, 0.15) is 71.1 Å². The van der Waals surface area contributed by atoms with Gasteiger partial charge in [0.1, 0.15) is 0 Å². The molecule has 0 aromatic heterocycles. The topological polar surface area (TPSA) is 37.3 Å². The van der Waals surface area contributed by atoms with Crippen LogP contribution in [-0.2, 0) is 4.79 Å². The molecule has 0 spiro atoms. The molecule has 0 radical (unpaired) electrons. The molecule has 0 aliphatic heterocycles. The molecule has 0 aliphatic carbocycles. The summed E-state index contributed by atoms with van der Waals surface area (Å²) in [5.74, 6) is -0.668.